The molecule has 6 heteroatoms. The van der Waals surface area contributed by atoms with Gasteiger partial charge in [-0.1, -0.05) is 6.07 Å². The van der Waals surface area contributed by atoms with Gasteiger partial charge in [-0.3, -0.25) is 4.98 Å². The van der Waals surface area contributed by atoms with Crippen LogP contribution in [0.25, 0.3) is 21.7 Å². The molecule has 0 spiro atoms. The Morgan fingerprint density at radius 1 is 1.33 bits per heavy atom. The lowest BCUT2D eigenvalue weighted by molar-refractivity contribution is 0.403. The van der Waals surface area contributed by atoms with Crippen LogP contribution in [0.2, 0.25) is 0 Å². The van der Waals surface area contributed by atoms with Crippen LogP contribution in [0.15, 0.2) is 42.0 Å². The molecule has 3 aromatic heterocycles. The first-order valence-corrected chi connectivity index (χ1v) is 8.30. The highest BCUT2D eigenvalue weighted by atomic mass is 32.1. The maximum absolute atomic E-state index is 9.43. The van der Waals surface area contributed by atoms with Crippen molar-refractivity contribution in [1.29, 1.82) is 5.26 Å². The number of nitrogen functional groups attached to an aromatic ring is 1. The summed E-state index contributed by atoms with van der Waals surface area (Å²) in [6, 6.07) is 9.94. The lowest BCUT2D eigenvalue weighted by Gasteiger charge is -2.09. The fourth-order valence-corrected chi connectivity index (χ4v) is 3.38. The Bertz CT molecular complexity index is 894. The third-order valence-electron chi connectivity index (χ3n) is 3.54. The second-order valence-corrected chi connectivity index (χ2v) is 6.64. The van der Waals surface area contributed by atoms with Crippen molar-refractivity contribution >= 4 is 17.2 Å². The van der Waals surface area contributed by atoms with Crippen molar-refractivity contribution in [2.24, 2.45) is 0 Å². The molecule has 0 aliphatic rings. The Morgan fingerprint density at radius 3 is 2.83 bits per heavy atom. The summed E-state index contributed by atoms with van der Waals surface area (Å²) < 4.78 is 0. The summed E-state index contributed by atoms with van der Waals surface area (Å²) in [6.07, 6.45) is 3.43. The Balaban J connectivity index is 2.09. The zero-order chi connectivity index (χ0) is 17.1. The maximum atomic E-state index is 9.43. The summed E-state index contributed by atoms with van der Waals surface area (Å²) in [5, 5.41) is 11.6. The molecule has 0 fully saturated rings. The van der Waals surface area contributed by atoms with E-state index < -0.39 is 0 Å². The van der Waals surface area contributed by atoms with E-state index in [-0.39, 0.29) is 5.82 Å². The Hall–Kier alpha value is -2.75. The van der Waals surface area contributed by atoms with Crippen molar-refractivity contribution in [3.8, 4) is 27.8 Å². The number of hydrogen-bond donors (Lipinski definition) is 1. The molecule has 0 aliphatic heterocycles. The van der Waals surface area contributed by atoms with Crippen molar-refractivity contribution in [2.45, 2.75) is 6.54 Å². The summed E-state index contributed by atoms with van der Waals surface area (Å²) >= 11 is 1.63. The van der Waals surface area contributed by atoms with Gasteiger partial charge < -0.3 is 10.6 Å². The molecule has 0 saturated heterocycles. The zero-order valence-electron chi connectivity index (χ0n) is 13.5. The molecule has 120 valence electrons. The van der Waals surface area contributed by atoms with Gasteiger partial charge in [0.05, 0.1) is 10.6 Å². The van der Waals surface area contributed by atoms with Gasteiger partial charge in [-0.15, -0.1) is 11.3 Å². The molecular formula is C18H17N5S. The van der Waals surface area contributed by atoms with E-state index in [2.05, 4.69) is 32.4 Å². The minimum Gasteiger partial charge on any atom is -0.383 e. The maximum Gasteiger partial charge on any atom is 0.142 e. The predicted octanol–water partition coefficient (Wildman–Crippen LogP) is 3.39. The average molecular weight is 335 g/mol. The minimum atomic E-state index is 0.247. The Kier molecular flexibility index (Phi) is 4.56. The van der Waals surface area contributed by atoms with Gasteiger partial charge >= 0.3 is 0 Å². The second-order valence-electron chi connectivity index (χ2n) is 5.73. The fourth-order valence-electron chi connectivity index (χ4n) is 2.52. The van der Waals surface area contributed by atoms with Crippen LogP contribution in [0.5, 0.6) is 0 Å². The van der Waals surface area contributed by atoms with Crippen LogP contribution < -0.4 is 5.73 Å². The van der Waals surface area contributed by atoms with Crippen molar-refractivity contribution < 1.29 is 0 Å². The summed E-state index contributed by atoms with van der Waals surface area (Å²) in [5.74, 6) is 0.247. The van der Waals surface area contributed by atoms with E-state index >= 15 is 0 Å². The van der Waals surface area contributed by atoms with Gasteiger partial charge in [0.25, 0.3) is 0 Å². The van der Waals surface area contributed by atoms with Gasteiger partial charge in [-0.2, -0.15) is 5.26 Å². The molecule has 0 aliphatic carbocycles. The van der Waals surface area contributed by atoms with Crippen molar-refractivity contribution in [1.82, 2.24) is 14.9 Å². The van der Waals surface area contributed by atoms with Crippen LogP contribution in [-0.4, -0.2) is 29.0 Å². The largest absolute Gasteiger partial charge is 0.383 e. The molecule has 3 rings (SSSR count). The quantitative estimate of drug-likeness (QED) is 0.790. The molecule has 0 saturated carbocycles. The van der Waals surface area contributed by atoms with Crippen LogP contribution in [0.3, 0.4) is 0 Å². The van der Waals surface area contributed by atoms with Gasteiger partial charge in [-0.05, 0) is 43.2 Å². The number of thiophene rings is 1. The van der Waals surface area contributed by atoms with E-state index in [1.807, 2.05) is 32.3 Å². The molecule has 0 amide bonds. The highest BCUT2D eigenvalue weighted by Gasteiger charge is 2.14. The van der Waals surface area contributed by atoms with Gasteiger partial charge in [0, 0.05) is 30.1 Å². The molecule has 2 N–H and O–H groups in total. The number of nitrogens with two attached hydrogens (primary N) is 1. The minimum absolute atomic E-state index is 0.247. The third-order valence-corrected chi connectivity index (χ3v) is 4.54. The van der Waals surface area contributed by atoms with Crippen molar-refractivity contribution in [2.75, 3.05) is 19.8 Å². The number of nitrogens with zero attached hydrogens (tertiary/aromatic N) is 4. The van der Waals surface area contributed by atoms with Crippen LogP contribution >= 0.6 is 11.3 Å². The van der Waals surface area contributed by atoms with Crippen LogP contribution in [0.4, 0.5) is 5.82 Å². The first-order valence-electron chi connectivity index (χ1n) is 7.42. The monoisotopic (exact) mass is 335 g/mol. The molecule has 0 bridgehead atoms. The average Bonchev–Trinajstić information content (AvgIpc) is 3.02. The van der Waals surface area contributed by atoms with E-state index in [9.17, 15) is 5.26 Å². The van der Waals surface area contributed by atoms with E-state index in [1.54, 1.807) is 23.7 Å². The molecule has 0 aromatic carbocycles. The molecule has 5 nitrogen and oxygen atoms in total. The number of aromatic nitrogens is 2. The fraction of sp³-hybridized carbons (Fsp3) is 0.167. The number of rotatable bonds is 4. The SMILES string of the molecule is CN(C)Cc1csc(-c2cc(-c3cccnc3)c(C#N)c(N)n2)c1. The highest BCUT2D eigenvalue weighted by Crippen LogP contribution is 2.33. The first-order chi connectivity index (χ1) is 11.6. The molecule has 0 unspecified atom stereocenters. The van der Waals surface area contributed by atoms with Gasteiger partial charge in [0.2, 0.25) is 0 Å². The second kappa shape index (κ2) is 6.79. The van der Waals surface area contributed by atoms with Crippen LogP contribution in [0, 0.1) is 11.3 Å². The van der Waals surface area contributed by atoms with E-state index in [0.717, 1.165) is 28.2 Å². The van der Waals surface area contributed by atoms with Crippen molar-refractivity contribution in [3.63, 3.8) is 0 Å². The molecule has 24 heavy (non-hydrogen) atoms. The molecule has 3 aromatic rings. The first kappa shape index (κ1) is 16.1. The van der Waals surface area contributed by atoms with Crippen molar-refractivity contribution in [3.05, 3.63) is 53.2 Å². The zero-order valence-corrected chi connectivity index (χ0v) is 14.3. The lowest BCUT2D eigenvalue weighted by Crippen LogP contribution is -2.09. The normalized spacial score (nSPS) is 10.8. The van der Waals surface area contributed by atoms with Gasteiger partial charge in [-0.25, -0.2) is 4.98 Å². The number of pyridine rings is 2. The van der Waals surface area contributed by atoms with Gasteiger partial charge in [0.1, 0.15) is 17.5 Å². The summed E-state index contributed by atoms with van der Waals surface area (Å²) in [6.45, 7) is 0.873. The van der Waals surface area contributed by atoms with E-state index in [0.29, 0.717) is 5.56 Å². The van der Waals surface area contributed by atoms with E-state index in [1.165, 1.54) is 5.56 Å². The Labute approximate surface area is 145 Å². The summed E-state index contributed by atoms with van der Waals surface area (Å²) in [5.41, 5.74) is 10.0. The highest BCUT2D eigenvalue weighted by molar-refractivity contribution is 7.13. The molecule has 3 heterocycles. The summed E-state index contributed by atoms with van der Waals surface area (Å²) in [4.78, 5) is 11.7. The standard InChI is InChI=1S/C18H17N5S/c1-23(2)10-12-6-17(24-11-12)16-7-14(13-4-3-5-21-9-13)15(8-19)18(20)22-16/h3-7,9,11H,10H2,1-2H3,(H2,20,22). The summed E-state index contributed by atoms with van der Waals surface area (Å²) in [7, 11) is 4.07. The van der Waals surface area contributed by atoms with Crippen LogP contribution in [-0.2, 0) is 6.54 Å². The molecule has 0 radical (unpaired) electrons. The number of hydrogen-bond acceptors (Lipinski definition) is 6. The molecular weight excluding hydrogens is 318 g/mol. The third kappa shape index (κ3) is 3.27. The number of nitriles is 1. The lowest BCUT2D eigenvalue weighted by atomic mass is 10.0. The van der Waals surface area contributed by atoms with E-state index in [4.69, 9.17) is 5.73 Å². The Morgan fingerprint density at radius 2 is 2.17 bits per heavy atom. The van der Waals surface area contributed by atoms with Gasteiger partial charge in [0.15, 0.2) is 0 Å². The number of anilines is 1. The molecule has 0 atom stereocenters. The smallest absolute Gasteiger partial charge is 0.142 e. The van der Waals surface area contributed by atoms with Crippen LogP contribution in [0.1, 0.15) is 11.1 Å². The topological polar surface area (TPSA) is 78.8 Å². The predicted molar refractivity (Wildman–Crippen MR) is 97.3 cm³/mol.